The van der Waals surface area contributed by atoms with Crippen LogP contribution < -0.4 is 15.0 Å². The van der Waals surface area contributed by atoms with E-state index in [0.29, 0.717) is 12.1 Å². The lowest BCUT2D eigenvalue weighted by Crippen LogP contribution is -2.47. The average Bonchev–Trinajstić information content (AvgIpc) is 2.81. The highest BCUT2D eigenvalue weighted by Gasteiger charge is 2.17. The summed E-state index contributed by atoms with van der Waals surface area (Å²) in [6.07, 6.45) is 0.941. The topological polar surface area (TPSA) is 57.7 Å². The van der Waals surface area contributed by atoms with Gasteiger partial charge in [-0.25, -0.2) is 0 Å². The number of piperazine rings is 1. The standard InChI is InChI=1S/C25H30N4O2/c1-19-18-23(22-6-3-4-7-24(22)27-19)25(30)26-12-5-13-28-14-16-29(17-15-28)20-8-10-21(31-2)11-9-20/h3-4,6-11,18H,5,12-17H2,1-2H3,(H,26,30). The van der Waals surface area contributed by atoms with E-state index in [2.05, 4.69) is 32.2 Å². The number of aryl methyl sites for hydroxylation is 1. The maximum atomic E-state index is 12.7. The number of aromatic nitrogens is 1. The van der Waals surface area contributed by atoms with Crippen LogP contribution in [-0.4, -0.2) is 62.2 Å². The third kappa shape index (κ3) is 5.14. The first-order chi connectivity index (χ1) is 15.1. The Kier molecular flexibility index (Phi) is 6.67. The summed E-state index contributed by atoms with van der Waals surface area (Å²) in [4.78, 5) is 22.1. The Morgan fingerprint density at radius 3 is 2.55 bits per heavy atom. The van der Waals surface area contributed by atoms with E-state index in [0.717, 1.165) is 61.5 Å². The van der Waals surface area contributed by atoms with E-state index in [1.54, 1.807) is 7.11 Å². The van der Waals surface area contributed by atoms with E-state index in [9.17, 15) is 4.79 Å². The van der Waals surface area contributed by atoms with Crippen LogP contribution in [0.25, 0.3) is 10.9 Å². The van der Waals surface area contributed by atoms with Crippen molar-refractivity contribution in [1.82, 2.24) is 15.2 Å². The number of carbonyl (C=O) groups excluding carboxylic acids is 1. The molecule has 1 aliphatic heterocycles. The van der Waals surface area contributed by atoms with Crippen LogP contribution in [-0.2, 0) is 0 Å². The molecule has 3 aromatic rings. The Bertz CT molecular complexity index is 1030. The number of amides is 1. The molecule has 0 spiro atoms. The fourth-order valence-electron chi connectivity index (χ4n) is 4.12. The predicted octanol–water partition coefficient (Wildman–Crippen LogP) is 3.49. The molecule has 1 saturated heterocycles. The number of hydrogen-bond donors (Lipinski definition) is 1. The van der Waals surface area contributed by atoms with Crippen LogP contribution in [0.2, 0.25) is 0 Å². The molecule has 162 valence electrons. The van der Waals surface area contributed by atoms with E-state index >= 15 is 0 Å². The maximum Gasteiger partial charge on any atom is 0.252 e. The zero-order chi connectivity index (χ0) is 21.6. The van der Waals surface area contributed by atoms with Gasteiger partial charge in [0.2, 0.25) is 0 Å². The molecule has 1 aromatic heterocycles. The third-order valence-corrected chi connectivity index (χ3v) is 5.84. The Hall–Kier alpha value is -3.12. The van der Waals surface area contributed by atoms with Crippen molar-refractivity contribution < 1.29 is 9.53 Å². The summed E-state index contributed by atoms with van der Waals surface area (Å²) < 4.78 is 5.24. The average molecular weight is 419 g/mol. The molecular formula is C25H30N4O2. The van der Waals surface area contributed by atoms with Crippen molar-refractivity contribution in [2.24, 2.45) is 0 Å². The van der Waals surface area contributed by atoms with Gasteiger partial charge in [0.25, 0.3) is 5.91 Å². The molecule has 2 heterocycles. The molecule has 0 bridgehead atoms. The fraction of sp³-hybridized carbons (Fsp3) is 0.360. The van der Waals surface area contributed by atoms with E-state index in [-0.39, 0.29) is 5.91 Å². The van der Waals surface area contributed by atoms with E-state index in [1.807, 2.05) is 49.4 Å². The van der Waals surface area contributed by atoms with Crippen molar-refractivity contribution in [1.29, 1.82) is 0 Å². The number of hydrogen-bond acceptors (Lipinski definition) is 5. The van der Waals surface area contributed by atoms with Crippen LogP contribution >= 0.6 is 0 Å². The minimum Gasteiger partial charge on any atom is -0.497 e. The summed E-state index contributed by atoms with van der Waals surface area (Å²) in [5, 5.41) is 3.99. The molecule has 6 heteroatoms. The minimum absolute atomic E-state index is 0.0222. The van der Waals surface area contributed by atoms with Gasteiger partial charge < -0.3 is 15.0 Å². The van der Waals surface area contributed by atoms with Gasteiger partial charge in [-0.3, -0.25) is 14.7 Å². The first-order valence-electron chi connectivity index (χ1n) is 10.9. The molecule has 1 fully saturated rings. The van der Waals surface area contributed by atoms with Crippen molar-refractivity contribution in [2.75, 3.05) is 51.3 Å². The number of rotatable bonds is 7. The zero-order valence-electron chi connectivity index (χ0n) is 18.3. The maximum absolute atomic E-state index is 12.7. The summed E-state index contributed by atoms with van der Waals surface area (Å²) in [7, 11) is 1.69. The summed E-state index contributed by atoms with van der Waals surface area (Å²) in [5.74, 6) is 0.866. The molecule has 1 amide bonds. The summed E-state index contributed by atoms with van der Waals surface area (Å²) in [6, 6.07) is 17.9. The lowest BCUT2D eigenvalue weighted by Gasteiger charge is -2.36. The zero-order valence-corrected chi connectivity index (χ0v) is 18.3. The second kappa shape index (κ2) is 9.79. The molecular weight excluding hydrogens is 388 g/mol. The van der Waals surface area contributed by atoms with Crippen LogP contribution in [0.5, 0.6) is 5.75 Å². The lowest BCUT2D eigenvalue weighted by molar-refractivity contribution is 0.0953. The SMILES string of the molecule is COc1ccc(N2CCN(CCCNC(=O)c3cc(C)nc4ccccc34)CC2)cc1. The van der Waals surface area contributed by atoms with Gasteiger partial charge in [0.1, 0.15) is 5.75 Å². The number of methoxy groups -OCH3 is 1. The van der Waals surface area contributed by atoms with Gasteiger partial charge in [-0.2, -0.15) is 0 Å². The largest absolute Gasteiger partial charge is 0.497 e. The smallest absolute Gasteiger partial charge is 0.252 e. The van der Waals surface area contributed by atoms with E-state index < -0.39 is 0 Å². The molecule has 0 aliphatic carbocycles. The molecule has 0 unspecified atom stereocenters. The fourth-order valence-corrected chi connectivity index (χ4v) is 4.12. The van der Waals surface area contributed by atoms with Gasteiger partial charge in [-0.1, -0.05) is 18.2 Å². The van der Waals surface area contributed by atoms with Crippen LogP contribution in [0.3, 0.4) is 0 Å². The molecule has 2 aromatic carbocycles. The molecule has 0 radical (unpaired) electrons. The number of ether oxygens (including phenoxy) is 1. The van der Waals surface area contributed by atoms with E-state index in [4.69, 9.17) is 4.74 Å². The van der Waals surface area contributed by atoms with Gasteiger partial charge >= 0.3 is 0 Å². The number of anilines is 1. The molecule has 6 nitrogen and oxygen atoms in total. The van der Waals surface area contributed by atoms with Crippen LogP contribution in [0, 0.1) is 6.92 Å². The normalized spacial score (nSPS) is 14.6. The highest BCUT2D eigenvalue weighted by atomic mass is 16.5. The Labute approximate surface area is 183 Å². The van der Waals surface area contributed by atoms with Gasteiger partial charge in [0.15, 0.2) is 0 Å². The van der Waals surface area contributed by atoms with Crippen molar-refractivity contribution >= 4 is 22.5 Å². The molecule has 1 N–H and O–H groups in total. The quantitative estimate of drug-likeness (QED) is 0.595. The lowest BCUT2D eigenvalue weighted by atomic mass is 10.1. The van der Waals surface area contributed by atoms with Gasteiger partial charge in [0, 0.05) is 49.5 Å². The number of nitrogens with one attached hydrogen (secondary N) is 1. The molecule has 0 atom stereocenters. The Morgan fingerprint density at radius 2 is 1.81 bits per heavy atom. The summed E-state index contributed by atoms with van der Waals surface area (Å²) in [5.41, 5.74) is 3.67. The van der Waals surface area contributed by atoms with Crippen molar-refractivity contribution in [2.45, 2.75) is 13.3 Å². The van der Waals surface area contributed by atoms with E-state index in [1.165, 1.54) is 5.69 Å². The third-order valence-electron chi connectivity index (χ3n) is 5.84. The number of pyridine rings is 1. The summed E-state index contributed by atoms with van der Waals surface area (Å²) >= 11 is 0. The molecule has 1 aliphatic rings. The van der Waals surface area contributed by atoms with Gasteiger partial charge in [-0.15, -0.1) is 0 Å². The number of nitrogens with zero attached hydrogens (tertiary/aromatic N) is 3. The monoisotopic (exact) mass is 418 g/mol. The van der Waals surface area contributed by atoms with Crippen LogP contribution in [0.1, 0.15) is 22.5 Å². The number of carbonyl (C=O) groups is 1. The second-order valence-electron chi connectivity index (χ2n) is 7.96. The van der Waals surface area contributed by atoms with Crippen molar-refractivity contribution in [3.8, 4) is 5.75 Å². The van der Waals surface area contributed by atoms with Crippen molar-refractivity contribution in [3.05, 3.63) is 65.9 Å². The van der Waals surface area contributed by atoms with Crippen LogP contribution in [0.4, 0.5) is 5.69 Å². The molecule has 31 heavy (non-hydrogen) atoms. The van der Waals surface area contributed by atoms with Crippen LogP contribution in [0.15, 0.2) is 54.6 Å². The van der Waals surface area contributed by atoms with Gasteiger partial charge in [0.05, 0.1) is 18.2 Å². The highest BCUT2D eigenvalue weighted by molar-refractivity contribution is 6.06. The number of benzene rings is 2. The molecule has 4 rings (SSSR count). The predicted molar refractivity (Wildman–Crippen MR) is 125 cm³/mol. The molecule has 0 saturated carbocycles. The number of fused-ring (bicyclic) bond motifs is 1. The number of para-hydroxylation sites is 1. The summed E-state index contributed by atoms with van der Waals surface area (Å²) in [6.45, 7) is 7.69. The highest BCUT2D eigenvalue weighted by Crippen LogP contribution is 2.21. The Morgan fingerprint density at radius 1 is 1.06 bits per heavy atom. The van der Waals surface area contributed by atoms with Crippen molar-refractivity contribution in [3.63, 3.8) is 0 Å². The minimum atomic E-state index is -0.0222. The first-order valence-corrected chi connectivity index (χ1v) is 10.9. The second-order valence-corrected chi connectivity index (χ2v) is 7.96. The van der Waals surface area contributed by atoms with Gasteiger partial charge in [-0.05, 0) is 56.3 Å². The Balaban J connectivity index is 1.22. The first kappa shape index (κ1) is 21.1.